The molecule has 0 aliphatic rings. The maximum atomic E-state index is 6.05. The van der Waals surface area contributed by atoms with Crippen LogP contribution in [0, 0.1) is 0 Å². The van der Waals surface area contributed by atoms with E-state index in [-0.39, 0.29) is 0 Å². The van der Waals surface area contributed by atoms with Crippen molar-refractivity contribution in [1.82, 2.24) is 9.36 Å². The second-order valence-corrected chi connectivity index (χ2v) is 5.14. The maximum absolute atomic E-state index is 6.05. The van der Waals surface area contributed by atoms with Gasteiger partial charge in [-0.1, -0.05) is 25.4 Å². The minimum Gasteiger partial charge on any atom is -0.399 e. The van der Waals surface area contributed by atoms with Crippen LogP contribution in [0.4, 0.5) is 16.5 Å². The van der Waals surface area contributed by atoms with Gasteiger partial charge < -0.3 is 11.1 Å². The Hall–Kier alpha value is -1.33. The molecule has 3 N–H and O–H groups in total. The molecule has 0 aliphatic carbocycles. The molecule has 1 aromatic carbocycles. The van der Waals surface area contributed by atoms with E-state index in [4.69, 9.17) is 17.3 Å². The van der Waals surface area contributed by atoms with Gasteiger partial charge >= 0.3 is 0 Å². The molecule has 4 nitrogen and oxygen atoms in total. The average molecular weight is 269 g/mol. The molecule has 1 heterocycles. The summed E-state index contributed by atoms with van der Waals surface area (Å²) in [7, 11) is 0. The normalized spacial score (nSPS) is 10.8. The van der Waals surface area contributed by atoms with Crippen LogP contribution in [-0.2, 0) is 0 Å². The summed E-state index contributed by atoms with van der Waals surface area (Å²) in [6.45, 7) is 4.11. The van der Waals surface area contributed by atoms with Gasteiger partial charge in [-0.15, -0.1) is 0 Å². The lowest BCUT2D eigenvalue weighted by Crippen LogP contribution is -1.94. The highest BCUT2D eigenvalue weighted by Gasteiger charge is 2.09. The van der Waals surface area contributed by atoms with Crippen molar-refractivity contribution in [3.8, 4) is 0 Å². The van der Waals surface area contributed by atoms with Crippen LogP contribution in [0.3, 0.4) is 0 Å². The first kappa shape index (κ1) is 12.1. The fourth-order valence-electron chi connectivity index (χ4n) is 1.27. The minimum absolute atomic E-state index is 0.318. The zero-order chi connectivity index (χ0) is 12.4. The van der Waals surface area contributed by atoms with Crippen LogP contribution in [0.25, 0.3) is 0 Å². The number of halogens is 1. The summed E-state index contributed by atoms with van der Waals surface area (Å²) >= 11 is 7.37. The van der Waals surface area contributed by atoms with E-state index < -0.39 is 0 Å². The zero-order valence-electron chi connectivity index (χ0n) is 9.57. The van der Waals surface area contributed by atoms with Crippen molar-refractivity contribution in [3.05, 3.63) is 29.0 Å². The summed E-state index contributed by atoms with van der Waals surface area (Å²) in [4.78, 5) is 4.37. The second-order valence-electron chi connectivity index (χ2n) is 3.98. The average Bonchev–Trinajstić information content (AvgIpc) is 2.72. The summed E-state index contributed by atoms with van der Waals surface area (Å²) in [5.74, 6) is 1.15. The Morgan fingerprint density at radius 2 is 2.18 bits per heavy atom. The lowest BCUT2D eigenvalue weighted by atomic mass is 10.2. The van der Waals surface area contributed by atoms with E-state index >= 15 is 0 Å². The molecule has 6 heteroatoms. The number of nitrogens with zero attached hydrogens (tertiary/aromatic N) is 2. The van der Waals surface area contributed by atoms with Crippen molar-refractivity contribution in [1.29, 1.82) is 0 Å². The highest BCUT2D eigenvalue weighted by Crippen LogP contribution is 2.28. The van der Waals surface area contributed by atoms with Gasteiger partial charge in [0, 0.05) is 23.1 Å². The molecule has 1 aromatic heterocycles. The Kier molecular flexibility index (Phi) is 3.49. The number of aromatic nitrogens is 2. The molecule has 0 amide bonds. The molecule has 0 fully saturated rings. The Balaban J connectivity index is 2.22. The lowest BCUT2D eigenvalue weighted by molar-refractivity contribution is 0.800. The van der Waals surface area contributed by atoms with Gasteiger partial charge in [0.1, 0.15) is 5.82 Å². The van der Waals surface area contributed by atoms with E-state index in [9.17, 15) is 0 Å². The zero-order valence-corrected chi connectivity index (χ0v) is 11.1. The smallest absolute Gasteiger partial charge is 0.207 e. The van der Waals surface area contributed by atoms with Gasteiger partial charge in [-0.25, -0.2) is 4.98 Å². The predicted octanol–water partition coefficient (Wildman–Crippen LogP) is 3.64. The molecule has 0 saturated heterocycles. The second kappa shape index (κ2) is 4.89. The monoisotopic (exact) mass is 268 g/mol. The molecule has 0 aliphatic heterocycles. The van der Waals surface area contributed by atoms with E-state index in [1.54, 1.807) is 18.2 Å². The van der Waals surface area contributed by atoms with Crippen LogP contribution in [-0.4, -0.2) is 9.36 Å². The van der Waals surface area contributed by atoms with Gasteiger partial charge in [0.15, 0.2) is 0 Å². The standard InChI is InChI=1S/C11H13ClN4S/c1-6(2)10-15-11(17-16-10)14-9-5-7(13)3-4-8(9)12/h3-6H,13H2,1-2H3,(H,14,15,16). The van der Waals surface area contributed by atoms with E-state index in [0.29, 0.717) is 16.6 Å². The SMILES string of the molecule is CC(C)c1nsc(Nc2cc(N)ccc2Cl)n1. The molecule has 0 spiro atoms. The third-order valence-electron chi connectivity index (χ3n) is 2.19. The van der Waals surface area contributed by atoms with Crippen molar-refractivity contribution in [3.63, 3.8) is 0 Å². The Morgan fingerprint density at radius 3 is 2.82 bits per heavy atom. The van der Waals surface area contributed by atoms with Crippen molar-refractivity contribution < 1.29 is 0 Å². The molecule has 90 valence electrons. The molecular formula is C11H13ClN4S. The Bertz CT molecular complexity index is 524. The summed E-state index contributed by atoms with van der Waals surface area (Å²) in [6.07, 6.45) is 0. The number of rotatable bonds is 3. The van der Waals surface area contributed by atoms with Crippen LogP contribution in [0.1, 0.15) is 25.6 Å². The third kappa shape index (κ3) is 2.87. The van der Waals surface area contributed by atoms with Crippen molar-refractivity contribution in [2.45, 2.75) is 19.8 Å². The van der Waals surface area contributed by atoms with Crippen molar-refractivity contribution in [2.24, 2.45) is 0 Å². The van der Waals surface area contributed by atoms with Crippen molar-refractivity contribution in [2.75, 3.05) is 11.1 Å². The number of nitrogen functional groups attached to an aromatic ring is 1. The molecule has 0 atom stereocenters. The van der Waals surface area contributed by atoms with E-state index in [0.717, 1.165) is 16.6 Å². The summed E-state index contributed by atoms with van der Waals surface area (Å²) in [5.41, 5.74) is 7.11. The van der Waals surface area contributed by atoms with E-state index in [1.165, 1.54) is 11.5 Å². The first-order valence-electron chi connectivity index (χ1n) is 5.22. The van der Waals surface area contributed by atoms with Crippen LogP contribution in [0.5, 0.6) is 0 Å². The van der Waals surface area contributed by atoms with Gasteiger partial charge in [0.2, 0.25) is 5.13 Å². The lowest BCUT2D eigenvalue weighted by Gasteiger charge is -2.05. The van der Waals surface area contributed by atoms with Gasteiger partial charge in [0.05, 0.1) is 10.7 Å². The molecule has 2 aromatic rings. The van der Waals surface area contributed by atoms with Crippen LogP contribution in [0.2, 0.25) is 5.02 Å². The number of benzene rings is 1. The highest BCUT2D eigenvalue weighted by molar-refractivity contribution is 7.09. The maximum Gasteiger partial charge on any atom is 0.207 e. The van der Waals surface area contributed by atoms with Crippen molar-refractivity contribution >= 4 is 39.6 Å². The molecule has 0 radical (unpaired) electrons. The Morgan fingerprint density at radius 1 is 1.41 bits per heavy atom. The van der Waals surface area contributed by atoms with E-state index in [1.807, 2.05) is 0 Å². The van der Waals surface area contributed by atoms with Gasteiger partial charge in [-0.05, 0) is 18.2 Å². The summed E-state index contributed by atoms with van der Waals surface area (Å²) in [5, 5.41) is 4.46. The third-order valence-corrected chi connectivity index (χ3v) is 3.16. The fourth-order valence-corrected chi connectivity index (χ4v) is 2.16. The van der Waals surface area contributed by atoms with Crippen LogP contribution < -0.4 is 11.1 Å². The largest absolute Gasteiger partial charge is 0.399 e. The van der Waals surface area contributed by atoms with Gasteiger partial charge in [-0.2, -0.15) is 4.37 Å². The predicted molar refractivity (Wildman–Crippen MR) is 73.1 cm³/mol. The number of anilines is 3. The number of hydrogen-bond donors (Lipinski definition) is 2. The molecule has 17 heavy (non-hydrogen) atoms. The molecule has 0 unspecified atom stereocenters. The van der Waals surface area contributed by atoms with Gasteiger partial charge in [-0.3, -0.25) is 0 Å². The first-order chi connectivity index (χ1) is 8.06. The topological polar surface area (TPSA) is 63.8 Å². The quantitative estimate of drug-likeness (QED) is 0.834. The number of nitrogens with two attached hydrogens (primary N) is 1. The minimum atomic E-state index is 0.318. The summed E-state index contributed by atoms with van der Waals surface area (Å²) < 4.78 is 4.26. The highest BCUT2D eigenvalue weighted by atomic mass is 35.5. The number of hydrogen-bond acceptors (Lipinski definition) is 5. The van der Waals surface area contributed by atoms with Crippen LogP contribution in [0.15, 0.2) is 18.2 Å². The van der Waals surface area contributed by atoms with E-state index in [2.05, 4.69) is 28.5 Å². The molecule has 0 saturated carbocycles. The van der Waals surface area contributed by atoms with Crippen LogP contribution >= 0.6 is 23.1 Å². The Labute approximate surface area is 109 Å². The fraction of sp³-hybridized carbons (Fsp3) is 0.273. The number of nitrogens with one attached hydrogen (secondary N) is 1. The molecule has 0 bridgehead atoms. The molecular weight excluding hydrogens is 256 g/mol. The first-order valence-corrected chi connectivity index (χ1v) is 6.37. The molecule has 2 rings (SSSR count). The summed E-state index contributed by atoms with van der Waals surface area (Å²) in [6, 6.07) is 5.29. The van der Waals surface area contributed by atoms with Gasteiger partial charge in [0.25, 0.3) is 0 Å².